The summed E-state index contributed by atoms with van der Waals surface area (Å²) < 4.78 is 11.4. The van der Waals surface area contributed by atoms with Gasteiger partial charge in [0.2, 0.25) is 0 Å². The lowest BCUT2D eigenvalue weighted by molar-refractivity contribution is 0.669. The fraction of sp³-hybridized carbons (Fsp3) is 0. The first-order valence-corrected chi connectivity index (χ1v) is 18.9. The van der Waals surface area contributed by atoms with Gasteiger partial charge in [-0.15, -0.1) is 22.7 Å². The van der Waals surface area contributed by atoms with Crippen molar-refractivity contribution in [3.05, 3.63) is 170 Å². The van der Waals surface area contributed by atoms with Crippen LogP contribution in [0.15, 0.2) is 174 Å². The van der Waals surface area contributed by atoms with Gasteiger partial charge in [0.1, 0.15) is 11.2 Å². The van der Waals surface area contributed by atoms with Crippen molar-refractivity contribution in [2.75, 3.05) is 0 Å². The van der Waals surface area contributed by atoms with Crippen LogP contribution in [-0.2, 0) is 0 Å². The van der Waals surface area contributed by atoms with Crippen LogP contribution in [0.3, 0.4) is 0 Å². The first kappa shape index (κ1) is 28.8. The molecule has 3 heterocycles. The number of para-hydroxylation sites is 1. The summed E-state index contributed by atoms with van der Waals surface area (Å²) in [6, 6.07) is 62.0. The minimum atomic E-state index is 0.919. The van der Waals surface area contributed by atoms with Gasteiger partial charge in [-0.1, -0.05) is 121 Å². The van der Waals surface area contributed by atoms with Crippen molar-refractivity contribution in [3.63, 3.8) is 0 Å². The van der Waals surface area contributed by atoms with Crippen LogP contribution in [0.1, 0.15) is 0 Å². The molecule has 238 valence electrons. The van der Waals surface area contributed by atoms with Gasteiger partial charge in [0.05, 0.1) is 0 Å². The van der Waals surface area contributed by atoms with Crippen molar-refractivity contribution in [3.8, 4) is 44.5 Å². The number of hydrogen-bond donors (Lipinski definition) is 0. The minimum Gasteiger partial charge on any atom is -0.456 e. The average molecular weight is 685 g/mol. The highest BCUT2D eigenvalue weighted by molar-refractivity contribution is 7.26. The minimum absolute atomic E-state index is 0.919. The standard InChI is InChI=1S/C48H28OS2/c1-3-20-41-37(14-1)40-28-30(24-25-42(40)49-41)29-10-5-11-31(26-29)34-16-8-22-44-46(34)47-35(17-9-23-45(47)50-44)32-12-6-13-33(27-32)36-18-7-19-39-38-15-2-4-21-43(38)51-48(36)39/h1-28H. The van der Waals surface area contributed by atoms with Gasteiger partial charge in [-0.2, -0.15) is 0 Å². The van der Waals surface area contributed by atoms with Crippen LogP contribution in [0, 0.1) is 0 Å². The summed E-state index contributed by atoms with van der Waals surface area (Å²) in [5, 5.41) is 7.60. The lowest BCUT2D eigenvalue weighted by Crippen LogP contribution is -1.85. The molecule has 8 aromatic carbocycles. The SMILES string of the molecule is c1cc(-c2ccc3oc4ccccc4c3c2)cc(-c2cccc3sc4cccc(-c5cccc(-c6cccc7c6sc6ccccc67)c5)c4c23)c1. The Labute approximate surface area is 302 Å². The third-order valence-corrected chi connectivity index (χ3v) is 12.6. The molecule has 3 aromatic heterocycles. The molecule has 0 aliphatic heterocycles. The molecular weight excluding hydrogens is 657 g/mol. The van der Waals surface area contributed by atoms with Crippen molar-refractivity contribution >= 4 is 85.0 Å². The summed E-state index contributed by atoms with van der Waals surface area (Å²) in [7, 11) is 0. The maximum atomic E-state index is 6.13. The second-order valence-electron chi connectivity index (χ2n) is 13.2. The zero-order valence-electron chi connectivity index (χ0n) is 27.4. The molecule has 11 aromatic rings. The van der Waals surface area contributed by atoms with Gasteiger partial charge in [-0.3, -0.25) is 0 Å². The number of fused-ring (bicyclic) bond motifs is 9. The number of hydrogen-bond acceptors (Lipinski definition) is 3. The molecule has 0 spiro atoms. The van der Waals surface area contributed by atoms with Gasteiger partial charge in [0, 0.05) is 51.1 Å². The Bertz CT molecular complexity index is 3150. The Balaban J connectivity index is 1.07. The summed E-state index contributed by atoms with van der Waals surface area (Å²) in [4.78, 5) is 0. The Kier molecular flexibility index (Phi) is 6.36. The van der Waals surface area contributed by atoms with Crippen LogP contribution < -0.4 is 0 Å². The molecule has 0 aliphatic carbocycles. The smallest absolute Gasteiger partial charge is 0.135 e. The predicted molar refractivity (Wildman–Crippen MR) is 221 cm³/mol. The molecule has 11 rings (SSSR count). The van der Waals surface area contributed by atoms with Crippen LogP contribution in [0.5, 0.6) is 0 Å². The topological polar surface area (TPSA) is 13.1 Å². The van der Waals surface area contributed by atoms with E-state index in [4.69, 9.17) is 4.42 Å². The second-order valence-corrected chi connectivity index (χ2v) is 15.3. The Morgan fingerprint density at radius 2 is 0.843 bits per heavy atom. The molecule has 0 amide bonds. The maximum absolute atomic E-state index is 6.13. The highest BCUT2D eigenvalue weighted by Crippen LogP contribution is 2.46. The zero-order chi connectivity index (χ0) is 33.5. The van der Waals surface area contributed by atoms with E-state index in [9.17, 15) is 0 Å². The fourth-order valence-electron chi connectivity index (χ4n) is 7.95. The molecule has 0 bridgehead atoms. The van der Waals surface area contributed by atoms with Crippen LogP contribution in [0.4, 0.5) is 0 Å². The van der Waals surface area contributed by atoms with Crippen molar-refractivity contribution in [2.45, 2.75) is 0 Å². The van der Waals surface area contributed by atoms with E-state index in [2.05, 4.69) is 158 Å². The van der Waals surface area contributed by atoms with Gasteiger partial charge >= 0.3 is 0 Å². The van der Waals surface area contributed by atoms with Crippen molar-refractivity contribution < 1.29 is 4.42 Å². The highest BCUT2D eigenvalue weighted by Gasteiger charge is 2.17. The molecule has 0 fully saturated rings. The predicted octanol–water partition coefficient (Wildman–Crippen LogP) is 15.0. The van der Waals surface area contributed by atoms with E-state index in [1.165, 1.54) is 84.9 Å². The molecule has 0 unspecified atom stereocenters. The van der Waals surface area contributed by atoms with E-state index in [0.717, 1.165) is 21.9 Å². The third-order valence-electron chi connectivity index (χ3n) is 10.3. The number of benzene rings is 8. The normalized spacial score (nSPS) is 11.9. The Morgan fingerprint density at radius 3 is 1.63 bits per heavy atom. The molecule has 1 nitrogen and oxygen atoms in total. The van der Waals surface area contributed by atoms with Crippen LogP contribution in [0.25, 0.3) is 107 Å². The lowest BCUT2D eigenvalue weighted by Gasteiger charge is -2.11. The van der Waals surface area contributed by atoms with E-state index in [1.54, 1.807) is 0 Å². The van der Waals surface area contributed by atoms with Gasteiger partial charge in [-0.05, 0) is 93.0 Å². The lowest BCUT2D eigenvalue weighted by atomic mass is 9.92. The molecule has 0 saturated heterocycles. The summed E-state index contributed by atoms with van der Waals surface area (Å²) in [6.07, 6.45) is 0. The van der Waals surface area contributed by atoms with Crippen LogP contribution >= 0.6 is 22.7 Å². The van der Waals surface area contributed by atoms with Crippen molar-refractivity contribution in [1.29, 1.82) is 0 Å². The number of furan rings is 1. The Morgan fingerprint density at radius 1 is 0.314 bits per heavy atom. The first-order chi connectivity index (χ1) is 25.3. The molecular formula is C48H28OS2. The quantitative estimate of drug-likeness (QED) is 0.180. The van der Waals surface area contributed by atoms with Gasteiger partial charge in [0.25, 0.3) is 0 Å². The number of thiophene rings is 2. The number of rotatable bonds is 4. The van der Waals surface area contributed by atoms with Gasteiger partial charge < -0.3 is 4.42 Å². The van der Waals surface area contributed by atoms with E-state index in [0.29, 0.717) is 0 Å². The monoisotopic (exact) mass is 684 g/mol. The molecule has 0 aliphatic rings. The zero-order valence-corrected chi connectivity index (χ0v) is 29.0. The van der Waals surface area contributed by atoms with Crippen LogP contribution in [-0.4, -0.2) is 0 Å². The second kappa shape index (κ2) is 11.3. The average Bonchev–Trinajstić information content (AvgIpc) is 3.89. The highest BCUT2D eigenvalue weighted by atomic mass is 32.1. The fourth-order valence-corrected chi connectivity index (χ4v) is 10.3. The Hall–Kier alpha value is -6.00. The maximum Gasteiger partial charge on any atom is 0.135 e. The van der Waals surface area contributed by atoms with Gasteiger partial charge in [-0.25, -0.2) is 0 Å². The van der Waals surface area contributed by atoms with Crippen molar-refractivity contribution in [2.24, 2.45) is 0 Å². The first-order valence-electron chi connectivity index (χ1n) is 17.2. The summed E-state index contributed by atoms with van der Waals surface area (Å²) in [5.74, 6) is 0. The summed E-state index contributed by atoms with van der Waals surface area (Å²) >= 11 is 3.77. The molecule has 0 atom stereocenters. The van der Waals surface area contributed by atoms with E-state index < -0.39 is 0 Å². The summed E-state index contributed by atoms with van der Waals surface area (Å²) in [5.41, 5.74) is 11.7. The molecule has 0 radical (unpaired) electrons. The largest absolute Gasteiger partial charge is 0.456 e. The molecule has 3 heteroatoms. The van der Waals surface area contributed by atoms with E-state index >= 15 is 0 Å². The van der Waals surface area contributed by atoms with E-state index in [-0.39, 0.29) is 0 Å². The van der Waals surface area contributed by atoms with E-state index in [1.807, 2.05) is 34.8 Å². The molecule has 0 N–H and O–H groups in total. The molecule has 51 heavy (non-hydrogen) atoms. The van der Waals surface area contributed by atoms with Crippen LogP contribution in [0.2, 0.25) is 0 Å². The third kappa shape index (κ3) is 4.52. The summed E-state index contributed by atoms with van der Waals surface area (Å²) in [6.45, 7) is 0. The van der Waals surface area contributed by atoms with Gasteiger partial charge in [0.15, 0.2) is 0 Å². The van der Waals surface area contributed by atoms with Crippen molar-refractivity contribution in [1.82, 2.24) is 0 Å². The molecule has 0 saturated carbocycles.